The van der Waals surface area contributed by atoms with Crippen LogP contribution in [0.25, 0.3) is 28.1 Å². The third-order valence-electron chi connectivity index (χ3n) is 7.38. The SMILES string of the molecule is CCC(F)(F)C(C)CCCSc1ccc(-c2c(C#N)c3cc(F)c(C4CC4)cc3n2-c2ccc(F)cn2)nc1. The molecular formula is C30H28F4N4S. The number of thioether (sulfide) groups is 1. The number of hydrogen-bond donors (Lipinski definition) is 0. The van der Waals surface area contributed by atoms with Gasteiger partial charge in [0, 0.05) is 28.8 Å². The predicted molar refractivity (Wildman–Crippen MR) is 145 cm³/mol. The molecule has 0 radical (unpaired) electrons. The van der Waals surface area contributed by atoms with E-state index in [1.165, 1.54) is 36.9 Å². The number of nitrogens with zero attached hydrogens (tertiary/aromatic N) is 4. The van der Waals surface area contributed by atoms with Gasteiger partial charge in [-0.3, -0.25) is 9.55 Å². The largest absolute Gasteiger partial charge is 0.291 e. The Balaban J connectivity index is 1.48. The lowest BCUT2D eigenvalue weighted by Crippen LogP contribution is -2.24. The lowest BCUT2D eigenvalue weighted by molar-refractivity contribution is -0.0573. The van der Waals surface area contributed by atoms with E-state index in [0.29, 0.717) is 52.3 Å². The van der Waals surface area contributed by atoms with Gasteiger partial charge in [0.2, 0.25) is 5.92 Å². The number of hydrogen-bond acceptors (Lipinski definition) is 4. The highest BCUT2D eigenvalue weighted by Gasteiger charge is 2.33. The first-order valence-electron chi connectivity index (χ1n) is 13.1. The zero-order chi connectivity index (χ0) is 27.7. The molecule has 4 nitrogen and oxygen atoms in total. The lowest BCUT2D eigenvalue weighted by Gasteiger charge is -2.21. The second-order valence-corrected chi connectivity index (χ2v) is 11.2. The number of nitriles is 1. The van der Waals surface area contributed by atoms with E-state index in [-0.39, 0.29) is 23.7 Å². The maximum Gasteiger partial charge on any atom is 0.250 e. The topological polar surface area (TPSA) is 54.5 Å². The minimum absolute atomic E-state index is 0.151. The first kappa shape index (κ1) is 27.2. The highest BCUT2D eigenvalue weighted by molar-refractivity contribution is 7.99. The molecule has 1 aromatic carbocycles. The zero-order valence-corrected chi connectivity index (χ0v) is 22.5. The molecule has 0 amide bonds. The Bertz CT molecular complexity index is 1520. The lowest BCUT2D eigenvalue weighted by atomic mass is 9.97. The highest BCUT2D eigenvalue weighted by atomic mass is 32.2. The van der Waals surface area contributed by atoms with Crippen molar-refractivity contribution in [2.45, 2.75) is 62.7 Å². The molecule has 0 spiro atoms. The number of halogens is 4. The fraction of sp³-hybridized carbons (Fsp3) is 0.367. The van der Waals surface area contributed by atoms with E-state index in [9.17, 15) is 18.4 Å². The number of pyridine rings is 2. The molecule has 39 heavy (non-hydrogen) atoms. The van der Waals surface area contributed by atoms with Gasteiger partial charge in [-0.15, -0.1) is 11.8 Å². The Kier molecular flexibility index (Phi) is 7.68. The fourth-order valence-corrected chi connectivity index (χ4v) is 5.71. The van der Waals surface area contributed by atoms with Gasteiger partial charge >= 0.3 is 0 Å². The third-order valence-corrected chi connectivity index (χ3v) is 8.44. The summed E-state index contributed by atoms with van der Waals surface area (Å²) in [5.74, 6) is -2.93. The standard InChI is InChI=1S/C30H28F4N4S/c1-3-30(33,34)18(2)5-4-12-39-21-9-10-26(36-17-21)29-24(15-35)23-13-25(32)22(19-6-7-19)14-27(23)38(29)28-11-8-20(31)16-37-28/h8-11,13-14,16-19H,3-7,12H2,1-2H3. The average molecular weight is 553 g/mol. The van der Waals surface area contributed by atoms with E-state index in [1.54, 1.807) is 29.8 Å². The summed E-state index contributed by atoms with van der Waals surface area (Å²) in [6.07, 6.45) is 5.55. The number of rotatable bonds is 10. The quantitative estimate of drug-likeness (QED) is 0.112. The Morgan fingerprint density at radius 2 is 1.92 bits per heavy atom. The van der Waals surface area contributed by atoms with Gasteiger partial charge in [-0.25, -0.2) is 22.5 Å². The summed E-state index contributed by atoms with van der Waals surface area (Å²) >= 11 is 1.53. The first-order chi connectivity index (χ1) is 18.7. The van der Waals surface area contributed by atoms with Gasteiger partial charge in [0.15, 0.2) is 0 Å². The van der Waals surface area contributed by atoms with E-state index in [0.717, 1.165) is 23.9 Å². The van der Waals surface area contributed by atoms with E-state index in [2.05, 4.69) is 16.0 Å². The van der Waals surface area contributed by atoms with Gasteiger partial charge in [0.25, 0.3) is 0 Å². The van der Waals surface area contributed by atoms with Crippen molar-refractivity contribution in [1.29, 1.82) is 5.26 Å². The van der Waals surface area contributed by atoms with E-state index >= 15 is 4.39 Å². The molecule has 1 fully saturated rings. The summed E-state index contributed by atoms with van der Waals surface area (Å²) in [6.45, 7) is 3.09. The third kappa shape index (κ3) is 5.53. The number of alkyl halides is 2. The minimum Gasteiger partial charge on any atom is -0.291 e. The average Bonchev–Trinajstić information content (AvgIpc) is 3.73. The van der Waals surface area contributed by atoms with Crippen LogP contribution in [0.4, 0.5) is 17.6 Å². The molecule has 3 heterocycles. The van der Waals surface area contributed by atoms with Crippen molar-refractivity contribution in [1.82, 2.24) is 14.5 Å². The minimum atomic E-state index is -2.65. The smallest absolute Gasteiger partial charge is 0.250 e. The van der Waals surface area contributed by atoms with Gasteiger partial charge in [0.05, 0.1) is 28.7 Å². The summed E-state index contributed by atoms with van der Waals surface area (Å²) in [6, 6.07) is 11.9. The molecule has 4 aromatic rings. The van der Waals surface area contributed by atoms with E-state index in [4.69, 9.17) is 0 Å². The summed E-state index contributed by atoms with van der Waals surface area (Å²) in [7, 11) is 0. The molecule has 1 atom stereocenters. The monoisotopic (exact) mass is 552 g/mol. The molecule has 1 saturated carbocycles. The van der Waals surface area contributed by atoms with Crippen LogP contribution >= 0.6 is 11.8 Å². The van der Waals surface area contributed by atoms with Gasteiger partial charge in [-0.1, -0.05) is 13.8 Å². The maximum absolute atomic E-state index is 15.0. The number of fused-ring (bicyclic) bond motifs is 1. The second-order valence-electron chi connectivity index (χ2n) is 10.1. The number of benzene rings is 1. The van der Waals surface area contributed by atoms with Gasteiger partial charge in [-0.2, -0.15) is 5.26 Å². The van der Waals surface area contributed by atoms with Crippen LogP contribution in [0.15, 0.2) is 53.7 Å². The van der Waals surface area contributed by atoms with Crippen molar-refractivity contribution in [2.75, 3.05) is 5.75 Å². The molecule has 3 aromatic heterocycles. The van der Waals surface area contributed by atoms with Crippen LogP contribution < -0.4 is 0 Å². The summed E-state index contributed by atoms with van der Waals surface area (Å²) in [5.41, 5.74) is 2.41. The number of aromatic nitrogens is 3. The Morgan fingerprint density at radius 3 is 2.54 bits per heavy atom. The van der Waals surface area contributed by atoms with E-state index in [1.807, 2.05) is 6.07 Å². The van der Waals surface area contributed by atoms with Gasteiger partial charge < -0.3 is 0 Å². The van der Waals surface area contributed by atoms with Crippen LogP contribution in [0.2, 0.25) is 0 Å². The fourth-order valence-electron chi connectivity index (χ4n) is 4.87. The molecule has 0 N–H and O–H groups in total. The molecule has 5 rings (SSSR count). The summed E-state index contributed by atoms with van der Waals surface area (Å²) in [5, 5.41) is 10.6. The Labute approximate surface area is 229 Å². The summed E-state index contributed by atoms with van der Waals surface area (Å²) in [4.78, 5) is 9.73. The molecule has 1 aliphatic rings. The molecule has 9 heteroatoms. The second kappa shape index (κ2) is 11.0. The molecule has 0 saturated heterocycles. The molecule has 0 aliphatic heterocycles. The van der Waals surface area contributed by atoms with Crippen LogP contribution in [0, 0.1) is 28.9 Å². The van der Waals surface area contributed by atoms with Crippen molar-refractivity contribution < 1.29 is 17.6 Å². The molecular weight excluding hydrogens is 524 g/mol. The van der Waals surface area contributed by atoms with Crippen LogP contribution in [0.5, 0.6) is 0 Å². The van der Waals surface area contributed by atoms with Crippen molar-refractivity contribution in [2.24, 2.45) is 5.92 Å². The van der Waals surface area contributed by atoms with Crippen molar-refractivity contribution in [3.8, 4) is 23.3 Å². The van der Waals surface area contributed by atoms with Gasteiger partial charge in [-0.05, 0) is 79.3 Å². The van der Waals surface area contributed by atoms with Crippen molar-refractivity contribution >= 4 is 22.7 Å². The van der Waals surface area contributed by atoms with Crippen LogP contribution in [0.3, 0.4) is 0 Å². The normalized spacial score (nSPS) is 14.5. The highest BCUT2D eigenvalue weighted by Crippen LogP contribution is 2.44. The molecule has 0 bridgehead atoms. The van der Waals surface area contributed by atoms with Crippen LogP contribution in [-0.4, -0.2) is 26.2 Å². The zero-order valence-electron chi connectivity index (χ0n) is 21.7. The van der Waals surface area contributed by atoms with Gasteiger partial charge in [0.1, 0.15) is 23.5 Å². The Morgan fingerprint density at radius 1 is 1.13 bits per heavy atom. The molecule has 202 valence electrons. The predicted octanol–water partition coefficient (Wildman–Crippen LogP) is 8.67. The van der Waals surface area contributed by atoms with Crippen LogP contribution in [0.1, 0.15) is 63.0 Å². The summed E-state index contributed by atoms with van der Waals surface area (Å²) < 4.78 is 58.1. The van der Waals surface area contributed by atoms with Crippen molar-refractivity contribution in [3.63, 3.8) is 0 Å². The van der Waals surface area contributed by atoms with Crippen LogP contribution in [-0.2, 0) is 0 Å². The molecule has 1 unspecified atom stereocenters. The molecule has 1 aliphatic carbocycles. The van der Waals surface area contributed by atoms with Crippen molar-refractivity contribution in [3.05, 3.63) is 71.6 Å². The Hall–Kier alpha value is -3.38. The van der Waals surface area contributed by atoms with E-state index < -0.39 is 17.7 Å². The first-order valence-corrected chi connectivity index (χ1v) is 14.1. The maximum atomic E-state index is 15.0.